The lowest BCUT2D eigenvalue weighted by Gasteiger charge is -2.11. The number of amides is 2. The highest BCUT2D eigenvalue weighted by molar-refractivity contribution is 5.73. The van der Waals surface area contributed by atoms with E-state index in [0.717, 1.165) is 16.9 Å². The Balaban J connectivity index is 1.79. The van der Waals surface area contributed by atoms with Crippen molar-refractivity contribution in [3.8, 4) is 17.2 Å². The molecule has 0 aromatic heterocycles. The van der Waals surface area contributed by atoms with Crippen LogP contribution in [0.1, 0.15) is 11.1 Å². The van der Waals surface area contributed by atoms with E-state index in [4.69, 9.17) is 14.2 Å². The van der Waals surface area contributed by atoms with Crippen LogP contribution in [0.25, 0.3) is 0 Å². The summed E-state index contributed by atoms with van der Waals surface area (Å²) in [6.07, 6.45) is 0.697. The predicted octanol–water partition coefficient (Wildman–Crippen LogP) is 2.75. The Labute approximate surface area is 148 Å². The van der Waals surface area contributed by atoms with Gasteiger partial charge in [0.05, 0.1) is 21.3 Å². The van der Waals surface area contributed by atoms with Crippen molar-refractivity contribution in [1.82, 2.24) is 10.6 Å². The summed E-state index contributed by atoms with van der Waals surface area (Å²) in [5.74, 6) is 2.13. The van der Waals surface area contributed by atoms with Crippen LogP contribution >= 0.6 is 0 Å². The van der Waals surface area contributed by atoms with E-state index >= 15 is 0 Å². The molecular formula is C19H24N2O4. The Morgan fingerprint density at radius 3 is 2.32 bits per heavy atom. The summed E-state index contributed by atoms with van der Waals surface area (Å²) >= 11 is 0. The minimum atomic E-state index is -0.216. The van der Waals surface area contributed by atoms with Crippen molar-refractivity contribution < 1.29 is 19.0 Å². The number of hydrogen-bond donors (Lipinski definition) is 2. The van der Waals surface area contributed by atoms with Crippen LogP contribution < -0.4 is 24.8 Å². The summed E-state index contributed by atoms with van der Waals surface area (Å²) in [5, 5.41) is 5.67. The number of carbonyl (C=O) groups is 1. The number of rotatable bonds is 8. The van der Waals surface area contributed by atoms with E-state index in [2.05, 4.69) is 10.6 Å². The van der Waals surface area contributed by atoms with Gasteiger partial charge in [0.2, 0.25) is 0 Å². The van der Waals surface area contributed by atoms with Crippen LogP contribution in [0.2, 0.25) is 0 Å². The van der Waals surface area contributed by atoms with Crippen LogP contribution in [-0.4, -0.2) is 33.9 Å². The first kappa shape index (κ1) is 18.4. The van der Waals surface area contributed by atoms with Crippen LogP contribution in [0.15, 0.2) is 42.5 Å². The van der Waals surface area contributed by atoms with Gasteiger partial charge in [-0.15, -0.1) is 0 Å². The van der Waals surface area contributed by atoms with Crippen LogP contribution in [-0.2, 0) is 13.0 Å². The minimum absolute atomic E-state index is 0.216. The molecule has 0 spiro atoms. The summed E-state index contributed by atoms with van der Waals surface area (Å²) in [7, 11) is 4.82. The number of para-hydroxylation sites is 1. The highest BCUT2D eigenvalue weighted by atomic mass is 16.5. The molecule has 2 rings (SSSR count). The van der Waals surface area contributed by atoms with Gasteiger partial charge in [0.25, 0.3) is 0 Å². The summed E-state index contributed by atoms with van der Waals surface area (Å²) in [6, 6.07) is 13.1. The predicted molar refractivity (Wildman–Crippen MR) is 96.5 cm³/mol. The molecule has 2 amide bonds. The van der Waals surface area contributed by atoms with Crippen LogP contribution in [0.5, 0.6) is 17.2 Å². The Morgan fingerprint density at radius 2 is 1.60 bits per heavy atom. The Kier molecular flexibility index (Phi) is 6.95. The standard InChI is InChI=1S/C19H24N2O4/c1-23-16-7-5-4-6-15(16)13-21-19(22)20-11-10-14-8-9-17(24-2)18(12-14)25-3/h4-9,12H,10-11,13H2,1-3H3,(H2,20,21,22). The second kappa shape index (κ2) is 9.42. The molecular weight excluding hydrogens is 320 g/mol. The first-order chi connectivity index (χ1) is 12.2. The van der Waals surface area contributed by atoms with Gasteiger partial charge in [-0.3, -0.25) is 0 Å². The van der Waals surface area contributed by atoms with E-state index in [-0.39, 0.29) is 6.03 Å². The molecule has 0 aliphatic rings. The van der Waals surface area contributed by atoms with Crippen molar-refractivity contribution in [1.29, 1.82) is 0 Å². The fourth-order valence-electron chi connectivity index (χ4n) is 2.44. The van der Waals surface area contributed by atoms with Gasteiger partial charge in [0.1, 0.15) is 5.75 Å². The average molecular weight is 344 g/mol. The quantitative estimate of drug-likeness (QED) is 0.773. The molecule has 134 valence electrons. The molecule has 25 heavy (non-hydrogen) atoms. The van der Waals surface area contributed by atoms with Gasteiger partial charge in [0, 0.05) is 18.7 Å². The van der Waals surface area contributed by atoms with Crippen LogP contribution in [0.3, 0.4) is 0 Å². The molecule has 6 nitrogen and oxygen atoms in total. The largest absolute Gasteiger partial charge is 0.496 e. The summed E-state index contributed by atoms with van der Waals surface area (Å²) < 4.78 is 15.8. The normalized spacial score (nSPS) is 10.0. The molecule has 0 atom stereocenters. The lowest BCUT2D eigenvalue weighted by atomic mass is 10.1. The Morgan fingerprint density at radius 1 is 0.880 bits per heavy atom. The highest BCUT2D eigenvalue weighted by Gasteiger charge is 2.06. The molecule has 0 bridgehead atoms. The van der Waals surface area contributed by atoms with Crippen molar-refractivity contribution >= 4 is 6.03 Å². The topological polar surface area (TPSA) is 68.8 Å². The van der Waals surface area contributed by atoms with Crippen LogP contribution in [0, 0.1) is 0 Å². The first-order valence-electron chi connectivity index (χ1n) is 8.02. The smallest absolute Gasteiger partial charge is 0.315 e. The monoisotopic (exact) mass is 344 g/mol. The maximum atomic E-state index is 11.9. The Bertz CT molecular complexity index is 704. The molecule has 2 N–H and O–H groups in total. The molecule has 0 unspecified atom stereocenters. The van der Waals surface area contributed by atoms with Gasteiger partial charge in [-0.25, -0.2) is 4.79 Å². The third kappa shape index (κ3) is 5.31. The summed E-state index contributed by atoms with van der Waals surface area (Å²) in [5.41, 5.74) is 1.99. The summed E-state index contributed by atoms with van der Waals surface area (Å²) in [4.78, 5) is 11.9. The van der Waals surface area contributed by atoms with Gasteiger partial charge in [0.15, 0.2) is 11.5 Å². The van der Waals surface area contributed by atoms with Crippen molar-refractivity contribution in [3.05, 3.63) is 53.6 Å². The van der Waals surface area contributed by atoms with Crippen molar-refractivity contribution in [2.45, 2.75) is 13.0 Å². The zero-order valence-electron chi connectivity index (χ0n) is 14.8. The number of hydrogen-bond acceptors (Lipinski definition) is 4. The maximum absolute atomic E-state index is 11.9. The Hall–Kier alpha value is -2.89. The molecule has 0 aliphatic heterocycles. The molecule has 6 heteroatoms. The van der Waals surface area contributed by atoms with Crippen molar-refractivity contribution in [3.63, 3.8) is 0 Å². The first-order valence-corrected chi connectivity index (χ1v) is 8.02. The summed E-state index contributed by atoms with van der Waals surface area (Å²) in [6.45, 7) is 0.930. The van der Waals surface area contributed by atoms with Crippen molar-refractivity contribution in [2.24, 2.45) is 0 Å². The zero-order valence-corrected chi connectivity index (χ0v) is 14.8. The fraction of sp³-hybridized carbons (Fsp3) is 0.316. The molecule has 0 saturated carbocycles. The lowest BCUT2D eigenvalue weighted by molar-refractivity contribution is 0.240. The third-order valence-electron chi connectivity index (χ3n) is 3.78. The van der Waals surface area contributed by atoms with E-state index in [1.807, 2.05) is 42.5 Å². The SMILES string of the molecule is COc1ccccc1CNC(=O)NCCc1ccc(OC)c(OC)c1. The number of benzene rings is 2. The second-order valence-corrected chi connectivity index (χ2v) is 5.36. The number of ether oxygens (including phenoxy) is 3. The van der Waals surface area contributed by atoms with Crippen LogP contribution in [0.4, 0.5) is 4.79 Å². The number of nitrogens with one attached hydrogen (secondary N) is 2. The van der Waals surface area contributed by atoms with Gasteiger partial charge >= 0.3 is 6.03 Å². The molecule has 0 radical (unpaired) electrons. The zero-order chi connectivity index (χ0) is 18.1. The molecule has 0 saturated heterocycles. The minimum Gasteiger partial charge on any atom is -0.496 e. The van der Waals surface area contributed by atoms with Gasteiger partial charge in [-0.1, -0.05) is 24.3 Å². The molecule has 0 aliphatic carbocycles. The average Bonchev–Trinajstić information content (AvgIpc) is 2.66. The second-order valence-electron chi connectivity index (χ2n) is 5.36. The van der Waals surface area contributed by atoms with E-state index in [0.29, 0.717) is 31.0 Å². The maximum Gasteiger partial charge on any atom is 0.315 e. The van der Waals surface area contributed by atoms with Gasteiger partial charge < -0.3 is 24.8 Å². The number of methoxy groups -OCH3 is 3. The van der Waals surface area contributed by atoms with Crippen molar-refractivity contribution in [2.75, 3.05) is 27.9 Å². The molecule has 2 aromatic rings. The highest BCUT2D eigenvalue weighted by Crippen LogP contribution is 2.27. The van der Waals surface area contributed by atoms with E-state index in [9.17, 15) is 4.79 Å². The molecule has 0 heterocycles. The lowest BCUT2D eigenvalue weighted by Crippen LogP contribution is -2.36. The van der Waals surface area contributed by atoms with E-state index in [1.165, 1.54) is 0 Å². The van der Waals surface area contributed by atoms with E-state index in [1.54, 1.807) is 21.3 Å². The molecule has 2 aromatic carbocycles. The fourth-order valence-corrected chi connectivity index (χ4v) is 2.44. The third-order valence-corrected chi connectivity index (χ3v) is 3.78. The molecule has 0 fully saturated rings. The number of carbonyl (C=O) groups excluding carboxylic acids is 1. The number of urea groups is 1. The van der Waals surface area contributed by atoms with Gasteiger partial charge in [-0.2, -0.15) is 0 Å². The van der Waals surface area contributed by atoms with Gasteiger partial charge in [-0.05, 0) is 30.2 Å². The van der Waals surface area contributed by atoms with E-state index < -0.39 is 0 Å².